The van der Waals surface area contributed by atoms with Gasteiger partial charge < -0.3 is 10.2 Å². The highest BCUT2D eigenvalue weighted by Gasteiger charge is 2.46. The van der Waals surface area contributed by atoms with Crippen LogP contribution in [-0.4, -0.2) is 34.5 Å². The number of amides is 1. The molecular formula is C14H28N2O. The summed E-state index contributed by atoms with van der Waals surface area (Å²) in [7, 11) is 0. The van der Waals surface area contributed by atoms with Crippen LogP contribution >= 0.6 is 0 Å². The van der Waals surface area contributed by atoms with Crippen molar-refractivity contribution in [2.24, 2.45) is 0 Å². The molecule has 17 heavy (non-hydrogen) atoms. The minimum absolute atomic E-state index is 0.0566. The van der Waals surface area contributed by atoms with E-state index < -0.39 is 0 Å². The minimum Gasteiger partial charge on any atom is -0.333 e. The molecule has 0 aliphatic carbocycles. The molecule has 1 aliphatic rings. The Labute approximate surface area is 106 Å². The van der Waals surface area contributed by atoms with Gasteiger partial charge in [0.2, 0.25) is 5.91 Å². The fraction of sp³-hybridized carbons (Fsp3) is 0.929. The van der Waals surface area contributed by atoms with Gasteiger partial charge in [0.1, 0.15) is 0 Å². The van der Waals surface area contributed by atoms with Gasteiger partial charge in [-0.1, -0.05) is 6.92 Å². The lowest BCUT2D eigenvalue weighted by Gasteiger charge is -2.55. The number of nitrogens with one attached hydrogen (secondary N) is 1. The molecule has 0 atom stereocenters. The zero-order valence-corrected chi connectivity index (χ0v) is 12.3. The van der Waals surface area contributed by atoms with Gasteiger partial charge in [0.15, 0.2) is 0 Å². The Morgan fingerprint density at radius 1 is 1.24 bits per heavy atom. The molecule has 0 bridgehead atoms. The number of likely N-dealkylation sites (tertiary alicyclic amines) is 1. The van der Waals surface area contributed by atoms with E-state index in [4.69, 9.17) is 0 Å². The molecule has 0 radical (unpaired) electrons. The van der Waals surface area contributed by atoms with E-state index in [1.165, 1.54) is 0 Å². The minimum atomic E-state index is -0.0566. The van der Waals surface area contributed by atoms with E-state index in [2.05, 4.69) is 44.8 Å². The molecule has 1 heterocycles. The van der Waals surface area contributed by atoms with Gasteiger partial charge in [-0.25, -0.2) is 0 Å². The van der Waals surface area contributed by atoms with Crippen molar-refractivity contribution in [1.82, 2.24) is 10.2 Å². The summed E-state index contributed by atoms with van der Waals surface area (Å²) in [5.41, 5.74) is -0.113. The number of hydrogen-bond donors (Lipinski definition) is 1. The van der Waals surface area contributed by atoms with E-state index in [1.54, 1.807) is 6.92 Å². The second kappa shape index (κ2) is 4.97. The summed E-state index contributed by atoms with van der Waals surface area (Å²) >= 11 is 0. The first kappa shape index (κ1) is 14.5. The van der Waals surface area contributed by atoms with Gasteiger partial charge in [0.25, 0.3) is 0 Å². The Morgan fingerprint density at radius 3 is 2.06 bits per heavy atom. The Balaban J connectivity index is 2.85. The SMILES string of the molecule is CCCNC1CC(C)(C)N(C(C)=O)C(C)(C)C1. The van der Waals surface area contributed by atoms with E-state index in [1.807, 2.05) is 0 Å². The number of carbonyl (C=O) groups is 1. The number of hydrogen-bond acceptors (Lipinski definition) is 2. The lowest BCUT2D eigenvalue weighted by atomic mass is 9.77. The van der Waals surface area contributed by atoms with Crippen LogP contribution in [0.1, 0.15) is 60.8 Å². The summed E-state index contributed by atoms with van der Waals surface area (Å²) in [5, 5.41) is 3.60. The lowest BCUT2D eigenvalue weighted by Crippen LogP contribution is -2.65. The first-order valence-electron chi connectivity index (χ1n) is 6.75. The Kier molecular flexibility index (Phi) is 4.23. The Hall–Kier alpha value is -0.570. The van der Waals surface area contributed by atoms with Gasteiger partial charge >= 0.3 is 0 Å². The van der Waals surface area contributed by atoms with Crippen molar-refractivity contribution in [3.63, 3.8) is 0 Å². The van der Waals surface area contributed by atoms with Crippen molar-refractivity contribution in [2.75, 3.05) is 6.54 Å². The van der Waals surface area contributed by atoms with Crippen LogP contribution in [0.2, 0.25) is 0 Å². The van der Waals surface area contributed by atoms with Gasteiger partial charge in [-0.05, 0) is 53.5 Å². The fourth-order valence-corrected chi connectivity index (χ4v) is 3.63. The smallest absolute Gasteiger partial charge is 0.220 e. The zero-order valence-electron chi connectivity index (χ0n) is 12.3. The van der Waals surface area contributed by atoms with E-state index in [0.29, 0.717) is 6.04 Å². The molecule has 0 aromatic heterocycles. The van der Waals surface area contributed by atoms with E-state index in [-0.39, 0.29) is 17.0 Å². The van der Waals surface area contributed by atoms with Crippen LogP contribution in [0, 0.1) is 0 Å². The van der Waals surface area contributed by atoms with Crippen molar-refractivity contribution in [3.05, 3.63) is 0 Å². The monoisotopic (exact) mass is 240 g/mol. The molecular weight excluding hydrogens is 212 g/mol. The molecule has 0 aromatic rings. The molecule has 1 rings (SSSR count). The Morgan fingerprint density at radius 2 is 1.71 bits per heavy atom. The average molecular weight is 240 g/mol. The fourth-order valence-electron chi connectivity index (χ4n) is 3.63. The van der Waals surface area contributed by atoms with Crippen molar-refractivity contribution in [1.29, 1.82) is 0 Å². The molecule has 1 N–H and O–H groups in total. The highest BCUT2D eigenvalue weighted by molar-refractivity contribution is 5.75. The standard InChI is InChI=1S/C14H28N2O/c1-7-8-15-12-9-13(3,4)16(11(2)17)14(5,6)10-12/h12,15H,7-10H2,1-6H3. The maximum absolute atomic E-state index is 11.9. The summed E-state index contributed by atoms with van der Waals surface area (Å²) in [6, 6.07) is 0.524. The van der Waals surface area contributed by atoms with Crippen molar-refractivity contribution >= 4 is 5.91 Å². The third-order valence-corrected chi connectivity index (χ3v) is 3.70. The molecule has 1 amide bonds. The second-order valence-corrected chi connectivity index (χ2v) is 6.54. The van der Waals surface area contributed by atoms with Gasteiger partial charge in [-0.3, -0.25) is 4.79 Å². The predicted octanol–water partition coefficient (Wildman–Crippen LogP) is 2.55. The second-order valence-electron chi connectivity index (χ2n) is 6.54. The van der Waals surface area contributed by atoms with E-state index in [0.717, 1.165) is 25.8 Å². The molecule has 1 aliphatic heterocycles. The van der Waals surface area contributed by atoms with Crippen LogP contribution in [0.4, 0.5) is 0 Å². The molecule has 0 saturated carbocycles. The zero-order chi connectivity index (χ0) is 13.3. The largest absolute Gasteiger partial charge is 0.333 e. The van der Waals surface area contributed by atoms with Crippen LogP contribution in [0.25, 0.3) is 0 Å². The molecule has 0 unspecified atom stereocenters. The average Bonchev–Trinajstić information content (AvgIpc) is 2.09. The molecule has 3 nitrogen and oxygen atoms in total. The molecule has 3 heteroatoms. The normalized spacial score (nSPS) is 23.8. The summed E-state index contributed by atoms with van der Waals surface area (Å²) in [6.45, 7) is 13.6. The Bertz CT molecular complexity index is 266. The van der Waals surface area contributed by atoms with Crippen LogP contribution in [-0.2, 0) is 4.79 Å². The highest BCUT2D eigenvalue weighted by Crippen LogP contribution is 2.38. The lowest BCUT2D eigenvalue weighted by molar-refractivity contribution is -0.147. The highest BCUT2D eigenvalue weighted by atomic mass is 16.2. The number of rotatable bonds is 3. The van der Waals surface area contributed by atoms with Gasteiger partial charge in [0, 0.05) is 24.0 Å². The first-order valence-corrected chi connectivity index (χ1v) is 6.75. The number of nitrogens with zero attached hydrogens (tertiary/aromatic N) is 1. The number of carbonyl (C=O) groups excluding carboxylic acids is 1. The molecule has 1 fully saturated rings. The third-order valence-electron chi connectivity index (χ3n) is 3.70. The molecule has 0 aromatic carbocycles. The maximum Gasteiger partial charge on any atom is 0.220 e. The van der Waals surface area contributed by atoms with Gasteiger partial charge in [-0.2, -0.15) is 0 Å². The van der Waals surface area contributed by atoms with Gasteiger partial charge in [-0.15, -0.1) is 0 Å². The number of piperidine rings is 1. The summed E-state index contributed by atoms with van der Waals surface area (Å²) in [4.78, 5) is 13.9. The predicted molar refractivity (Wildman–Crippen MR) is 72.0 cm³/mol. The molecule has 0 spiro atoms. The van der Waals surface area contributed by atoms with Gasteiger partial charge in [0.05, 0.1) is 0 Å². The maximum atomic E-state index is 11.9. The summed E-state index contributed by atoms with van der Waals surface area (Å²) in [5.74, 6) is 0.189. The molecule has 100 valence electrons. The quantitative estimate of drug-likeness (QED) is 0.822. The topological polar surface area (TPSA) is 32.3 Å². The van der Waals surface area contributed by atoms with E-state index >= 15 is 0 Å². The van der Waals surface area contributed by atoms with Crippen LogP contribution in [0.15, 0.2) is 0 Å². The van der Waals surface area contributed by atoms with Crippen LogP contribution in [0.5, 0.6) is 0 Å². The van der Waals surface area contributed by atoms with Crippen LogP contribution in [0.3, 0.4) is 0 Å². The van der Waals surface area contributed by atoms with E-state index in [9.17, 15) is 4.79 Å². The first-order chi connectivity index (χ1) is 7.70. The third kappa shape index (κ3) is 3.21. The van der Waals surface area contributed by atoms with Crippen molar-refractivity contribution in [3.8, 4) is 0 Å². The van der Waals surface area contributed by atoms with Crippen molar-refractivity contribution < 1.29 is 4.79 Å². The summed E-state index contributed by atoms with van der Waals surface area (Å²) < 4.78 is 0. The van der Waals surface area contributed by atoms with Crippen LogP contribution < -0.4 is 5.32 Å². The van der Waals surface area contributed by atoms with Crippen molar-refractivity contribution in [2.45, 2.75) is 77.9 Å². The summed E-state index contributed by atoms with van der Waals surface area (Å²) in [6.07, 6.45) is 3.24. The molecule has 1 saturated heterocycles.